The van der Waals surface area contributed by atoms with Gasteiger partial charge in [-0.3, -0.25) is 9.80 Å². The zero-order valence-electron chi connectivity index (χ0n) is 29.1. The third-order valence-corrected chi connectivity index (χ3v) is 12.1. The third kappa shape index (κ3) is 7.46. The number of aromatic nitrogens is 1. The molecule has 0 aliphatic carbocycles. The van der Waals surface area contributed by atoms with Gasteiger partial charge in [0, 0.05) is 29.4 Å². The quantitative estimate of drug-likeness (QED) is 0.0930. The summed E-state index contributed by atoms with van der Waals surface area (Å²) in [7, 11) is 4.77. The molecule has 3 atom stereocenters. The summed E-state index contributed by atoms with van der Waals surface area (Å²) in [5.74, 6) is -1.10. The Labute approximate surface area is 316 Å². The van der Waals surface area contributed by atoms with Gasteiger partial charge in [-0.1, -0.05) is 59.6 Å². The molecule has 276 valence electrons. The monoisotopic (exact) mass is 769 g/mol. The molecule has 0 radical (unpaired) electrons. The van der Waals surface area contributed by atoms with Crippen molar-refractivity contribution in [3.05, 3.63) is 114 Å². The van der Waals surface area contributed by atoms with Crippen molar-refractivity contribution < 1.29 is 38.7 Å². The molecule has 3 aliphatic heterocycles. The average Bonchev–Trinajstić information content (AvgIpc) is 3.56. The van der Waals surface area contributed by atoms with E-state index >= 15 is 0 Å². The number of fused-ring (bicyclic) bond motifs is 3. The van der Waals surface area contributed by atoms with Crippen LogP contribution in [0.15, 0.2) is 67.0 Å². The van der Waals surface area contributed by atoms with E-state index in [9.17, 15) is 25.0 Å². The van der Waals surface area contributed by atoms with Crippen LogP contribution in [0.25, 0.3) is 0 Å². The van der Waals surface area contributed by atoms with Gasteiger partial charge in [-0.2, -0.15) is 4.73 Å². The SMILES string of the molecule is COc1ccc([C@H](Cc2c(Cl)c[n+]([O-])cc2Cl)c2cc(CN(C)C(CO)(C(=O)O[C@H]3CN4CCC3CC4)c3ccccc3)sc2C(=O)O)cc1OC. The highest BCUT2D eigenvalue weighted by molar-refractivity contribution is 7.14. The molecule has 3 fully saturated rings. The number of nitrogens with zero attached hydrogens (tertiary/aromatic N) is 3. The largest absolute Gasteiger partial charge is 0.619 e. The van der Waals surface area contributed by atoms with E-state index in [0.717, 1.165) is 37.3 Å². The van der Waals surface area contributed by atoms with Gasteiger partial charge < -0.3 is 29.6 Å². The van der Waals surface area contributed by atoms with Crippen molar-refractivity contribution in [3.8, 4) is 11.5 Å². The molecule has 0 amide bonds. The summed E-state index contributed by atoms with van der Waals surface area (Å²) in [6.07, 6.45) is 4.19. The van der Waals surface area contributed by atoms with Crippen LogP contribution in [0.5, 0.6) is 11.5 Å². The van der Waals surface area contributed by atoms with E-state index in [4.69, 9.17) is 37.4 Å². The van der Waals surface area contributed by atoms with Crippen molar-refractivity contribution >= 4 is 46.5 Å². The van der Waals surface area contributed by atoms with Crippen molar-refractivity contribution in [2.24, 2.45) is 5.92 Å². The number of carboxylic acids is 1. The molecule has 1 unspecified atom stereocenters. The van der Waals surface area contributed by atoms with E-state index in [2.05, 4.69) is 4.90 Å². The second kappa shape index (κ2) is 16.0. The van der Waals surface area contributed by atoms with E-state index in [1.807, 2.05) is 24.3 Å². The van der Waals surface area contributed by atoms with Crippen LogP contribution in [0.1, 0.15) is 55.6 Å². The van der Waals surface area contributed by atoms with Gasteiger partial charge in [-0.25, -0.2) is 9.59 Å². The Morgan fingerprint density at radius 1 is 1.06 bits per heavy atom. The number of thiophene rings is 1. The summed E-state index contributed by atoms with van der Waals surface area (Å²) < 4.78 is 17.8. The second-order valence-electron chi connectivity index (χ2n) is 13.3. The number of ether oxygens (including phenoxy) is 3. The lowest BCUT2D eigenvalue weighted by Gasteiger charge is -2.46. The minimum Gasteiger partial charge on any atom is -0.619 e. The van der Waals surface area contributed by atoms with Crippen LogP contribution in [0.3, 0.4) is 0 Å². The highest BCUT2D eigenvalue weighted by atomic mass is 35.5. The fraction of sp³-hybridized carbons (Fsp3) is 0.395. The van der Waals surface area contributed by atoms with E-state index in [1.54, 1.807) is 42.3 Å². The average molecular weight is 771 g/mol. The molecule has 7 rings (SSSR count). The molecule has 52 heavy (non-hydrogen) atoms. The van der Waals surface area contributed by atoms with E-state index < -0.39 is 30.0 Å². The van der Waals surface area contributed by atoms with Gasteiger partial charge in [0.25, 0.3) is 0 Å². The summed E-state index contributed by atoms with van der Waals surface area (Å²) in [6, 6.07) is 16.2. The van der Waals surface area contributed by atoms with Crippen LogP contribution in [0.4, 0.5) is 0 Å². The number of benzene rings is 2. The predicted octanol–water partition coefficient (Wildman–Crippen LogP) is 5.74. The summed E-state index contributed by atoms with van der Waals surface area (Å²) in [6.45, 7) is 2.18. The molecule has 2 aromatic heterocycles. The Morgan fingerprint density at radius 2 is 1.73 bits per heavy atom. The van der Waals surface area contributed by atoms with E-state index in [0.29, 0.717) is 49.9 Å². The number of hydrogen-bond donors (Lipinski definition) is 2. The standard InChI is InChI=1S/C38H41Cl2N3O8S/c1-41(38(22-44,25-7-5-4-6-8-25)37(47)51-34-21-42-13-11-23(34)12-14-42)18-26-16-28(35(52-26)36(45)46)27(17-29-30(39)19-43(48)20-31(29)40)24-9-10-32(49-2)33(15-24)50-3/h4-10,15-16,19-20,23,27,34,44H,11-14,17-18,21-22H2,1-3H3,(H,45,46)/t27-,34-,38?/m0/s1. The van der Waals surface area contributed by atoms with Gasteiger partial charge >= 0.3 is 11.9 Å². The van der Waals surface area contributed by atoms with Crippen molar-refractivity contribution in [2.45, 2.75) is 43.4 Å². The Hall–Kier alpha value is -3.91. The maximum Gasteiger partial charge on any atom is 0.346 e. The molecular formula is C38H41Cl2N3O8S. The normalized spacial score (nSPS) is 19.9. The molecule has 2 bridgehead atoms. The number of piperidine rings is 3. The third-order valence-electron chi connectivity index (χ3n) is 10.4. The van der Waals surface area contributed by atoms with Crippen molar-refractivity contribution in [1.82, 2.24) is 9.80 Å². The Kier molecular flexibility index (Phi) is 11.6. The maximum absolute atomic E-state index is 14.3. The van der Waals surface area contributed by atoms with Gasteiger partial charge in [-0.05, 0) is 80.2 Å². The summed E-state index contributed by atoms with van der Waals surface area (Å²) in [5, 5.41) is 34.0. The van der Waals surface area contributed by atoms with Gasteiger partial charge in [-0.15, -0.1) is 11.3 Å². The van der Waals surface area contributed by atoms with Gasteiger partial charge in [0.2, 0.25) is 0 Å². The zero-order chi connectivity index (χ0) is 37.2. The lowest BCUT2D eigenvalue weighted by molar-refractivity contribution is -0.605. The number of hydrogen-bond acceptors (Lipinski definition) is 10. The van der Waals surface area contributed by atoms with Crippen LogP contribution in [-0.4, -0.2) is 85.6 Å². The van der Waals surface area contributed by atoms with Crippen LogP contribution < -0.4 is 14.2 Å². The van der Waals surface area contributed by atoms with Crippen LogP contribution >= 0.6 is 34.5 Å². The lowest BCUT2D eigenvalue weighted by atomic mass is 9.84. The number of halogens is 2. The highest BCUT2D eigenvalue weighted by Crippen LogP contribution is 2.42. The molecule has 0 saturated carbocycles. The van der Waals surface area contributed by atoms with Gasteiger partial charge in [0.15, 0.2) is 29.4 Å². The van der Waals surface area contributed by atoms with Crippen molar-refractivity contribution in [3.63, 3.8) is 0 Å². The molecule has 3 saturated heterocycles. The minimum atomic E-state index is -1.57. The number of carbonyl (C=O) groups excluding carboxylic acids is 1. The van der Waals surface area contributed by atoms with Gasteiger partial charge in [0.05, 0.1) is 20.8 Å². The number of likely N-dealkylation sites (N-methyl/N-ethyl adjacent to an activating group) is 1. The molecule has 4 aromatic rings. The number of pyridine rings is 1. The first-order valence-corrected chi connectivity index (χ1v) is 18.5. The lowest BCUT2D eigenvalue weighted by Crippen LogP contribution is -2.57. The number of carbonyl (C=O) groups is 2. The van der Waals surface area contributed by atoms with Crippen molar-refractivity contribution in [2.75, 3.05) is 47.5 Å². The molecule has 11 nitrogen and oxygen atoms in total. The van der Waals surface area contributed by atoms with Crippen LogP contribution in [0.2, 0.25) is 10.0 Å². The number of aliphatic hydroxyl groups excluding tert-OH is 1. The Morgan fingerprint density at radius 3 is 2.31 bits per heavy atom. The first-order chi connectivity index (χ1) is 25.0. The number of carboxylic acid groups (broad SMARTS) is 1. The number of aromatic carboxylic acids is 1. The molecule has 0 spiro atoms. The summed E-state index contributed by atoms with van der Waals surface area (Å²) >= 11 is 14.2. The van der Waals surface area contributed by atoms with Crippen molar-refractivity contribution in [1.29, 1.82) is 0 Å². The Balaban J connectivity index is 1.40. The fourth-order valence-corrected chi connectivity index (χ4v) is 9.21. The smallest absolute Gasteiger partial charge is 0.346 e. The molecular weight excluding hydrogens is 729 g/mol. The van der Waals surface area contributed by atoms with E-state index in [1.165, 1.54) is 26.6 Å². The maximum atomic E-state index is 14.3. The molecule has 2 N–H and O–H groups in total. The predicted molar refractivity (Wildman–Crippen MR) is 198 cm³/mol. The molecule has 5 heterocycles. The molecule has 2 aromatic carbocycles. The van der Waals surface area contributed by atoms with E-state index in [-0.39, 0.29) is 39.9 Å². The first kappa shape index (κ1) is 37.8. The number of methoxy groups -OCH3 is 2. The summed E-state index contributed by atoms with van der Waals surface area (Å²) in [5.41, 5.74) is 0.633. The number of rotatable bonds is 14. The number of aliphatic hydroxyl groups is 1. The molecule has 14 heteroatoms. The van der Waals surface area contributed by atoms with Crippen LogP contribution in [0, 0.1) is 11.1 Å². The summed E-state index contributed by atoms with van der Waals surface area (Å²) in [4.78, 5) is 32.0. The minimum absolute atomic E-state index is 0.0782. The number of esters is 1. The zero-order valence-corrected chi connectivity index (χ0v) is 31.4. The fourth-order valence-electron chi connectivity index (χ4n) is 7.50. The molecule has 3 aliphatic rings. The first-order valence-electron chi connectivity index (χ1n) is 16.9. The highest BCUT2D eigenvalue weighted by Gasteiger charge is 2.48. The Bertz CT molecular complexity index is 1900. The second-order valence-corrected chi connectivity index (χ2v) is 15.2. The van der Waals surface area contributed by atoms with Crippen LogP contribution in [-0.2, 0) is 28.0 Å². The topological polar surface area (TPSA) is 136 Å². The van der Waals surface area contributed by atoms with Gasteiger partial charge in [0.1, 0.15) is 21.0 Å².